The van der Waals surface area contributed by atoms with Crippen LogP contribution >= 0.6 is 0 Å². The number of fused-ring (bicyclic) bond motifs is 1. The first kappa shape index (κ1) is 19.7. The number of aliphatic hydroxyl groups is 1. The van der Waals surface area contributed by atoms with Gasteiger partial charge in [0.2, 0.25) is 0 Å². The Morgan fingerprint density at radius 1 is 1.10 bits per heavy atom. The van der Waals surface area contributed by atoms with E-state index in [1.807, 2.05) is 44.2 Å². The van der Waals surface area contributed by atoms with Crippen LogP contribution in [0.5, 0.6) is 11.5 Å². The number of aliphatic hydroxyl groups excluding tert-OH is 1. The Bertz CT molecular complexity index is 1210. The van der Waals surface area contributed by atoms with Crippen molar-refractivity contribution in [2.75, 3.05) is 5.32 Å². The van der Waals surface area contributed by atoms with Crippen molar-refractivity contribution in [2.24, 2.45) is 0 Å². The van der Waals surface area contributed by atoms with Crippen LogP contribution in [-0.4, -0.2) is 16.0 Å². The molecule has 0 fully saturated rings. The molecule has 0 aliphatic heterocycles. The zero-order valence-corrected chi connectivity index (χ0v) is 17.0. The minimum absolute atomic E-state index is 0.352. The molecule has 2 N–H and O–H groups in total. The van der Waals surface area contributed by atoms with Gasteiger partial charge in [-0.25, -0.2) is 4.98 Å². The van der Waals surface area contributed by atoms with Gasteiger partial charge in [-0.2, -0.15) is 0 Å². The Labute approximate surface area is 174 Å². The van der Waals surface area contributed by atoms with E-state index in [-0.39, 0.29) is 5.91 Å². The van der Waals surface area contributed by atoms with Crippen LogP contribution in [0.15, 0.2) is 65.1 Å². The van der Waals surface area contributed by atoms with Gasteiger partial charge in [-0.3, -0.25) is 4.79 Å². The van der Waals surface area contributed by atoms with Crippen LogP contribution in [0, 0.1) is 13.8 Å². The number of carbonyl (C=O) groups excluding carboxylic acids is 1. The van der Waals surface area contributed by atoms with E-state index in [2.05, 4.69) is 10.3 Å². The average molecular weight is 402 g/mol. The lowest BCUT2D eigenvalue weighted by Crippen LogP contribution is -2.13. The monoisotopic (exact) mass is 402 g/mol. The number of benzene rings is 2. The number of nitrogens with one attached hydrogen (secondary N) is 1. The molecular weight excluding hydrogens is 380 g/mol. The average Bonchev–Trinajstić information content (AvgIpc) is 3.10. The molecule has 2 aromatic carbocycles. The van der Waals surface area contributed by atoms with E-state index in [0.717, 1.165) is 16.7 Å². The number of aromatic nitrogens is 1. The third kappa shape index (κ3) is 4.18. The molecular formula is C24H22N2O4. The van der Waals surface area contributed by atoms with E-state index in [1.165, 1.54) is 0 Å². The van der Waals surface area contributed by atoms with E-state index >= 15 is 0 Å². The molecule has 1 atom stereocenters. The lowest BCUT2D eigenvalue weighted by Gasteiger charge is -2.11. The summed E-state index contributed by atoms with van der Waals surface area (Å²) < 4.78 is 11.8. The SMILES string of the molecule is Cc1ccc(Oc2cc(C(=O)Nc3cccc(C(C)O)n3)cc3oc(C)cc23)cc1. The van der Waals surface area contributed by atoms with E-state index in [0.29, 0.717) is 34.2 Å². The van der Waals surface area contributed by atoms with Crippen molar-refractivity contribution >= 4 is 22.7 Å². The van der Waals surface area contributed by atoms with E-state index < -0.39 is 6.10 Å². The van der Waals surface area contributed by atoms with Crippen LogP contribution in [0.1, 0.15) is 40.4 Å². The van der Waals surface area contributed by atoms with Crippen molar-refractivity contribution < 1.29 is 19.1 Å². The van der Waals surface area contributed by atoms with Crippen molar-refractivity contribution in [3.63, 3.8) is 0 Å². The van der Waals surface area contributed by atoms with Gasteiger partial charge in [-0.15, -0.1) is 0 Å². The van der Waals surface area contributed by atoms with Gasteiger partial charge in [-0.05, 0) is 63.2 Å². The molecule has 1 amide bonds. The van der Waals surface area contributed by atoms with Crippen molar-refractivity contribution in [3.8, 4) is 11.5 Å². The lowest BCUT2D eigenvalue weighted by molar-refractivity contribution is 0.102. The molecule has 0 saturated heterocycles. The maximum absolute atomic E-state index is 12.9. The van der Waals surface area contributed by atoms with Gasteiger partial charge in [0.05, 0.1) is 17.2 Å². The molecule has 6 nitrogen and oxygen atoms in total. The fourth-order valence-electron chi connectivity index (χ4n) is 3.12. The highest BCUT2D eigenvalue weighted by molar-refractivity contribution is 6.06. The quantitative estimate of drug-likeness (QED) is 0.458. The molecule has 4 aromatic rings. The Morgan fingerprint density at radius 3 is 2.60 bits per heavy atom. The Hall–Kier alpha value is -3.64. The highest BCUT2D eigenvalue weighted by Crippen LogP contribution is 2.34. The van der Waals surface area contributed by atoms with Crippen LogP contribution in [0.2, 0.25) is 0 Å². The first-order chi connectivity index (χ1) is 14.4. The van der Waals surface area contributed by atoms with Crippen LogP contribution in [-0.2, 0) is 0 Å². The van der Waals surface area contributed by atoms with Gasteiger partial charge in [0, 0.05) is 5.56 Å². The van der Waals surface area contributed by atoms with E-state index in [4.69, 9.17) is 9.15 Å². The lowest BCUT2D eigenvalue weighted by atomic mass is 10.1. The Morgan fingerprint density at radius 2 is 1.87 bits per heavy atom. The normalized spacial score (nSPS) is 12.0. The van der Waals surface area contributed by atoms with Crippen molar-refractivity contribution in [2.45, 2.75) is 26.9 Å². The second-order valence-corrected chi connectivity index (χ2v) is 7.24. The van der Waals surface area contributed by atoms with Crippen LogP contribution in [0.3, 0.4) is 0 Å². The molecule has 2 aromatic heterocycles. The summed E-state index contributed by atoms with van der Waals surface area (Å²) in [6, 6.07) is 18.0. The molecule has 0 aliphatic rings. The highest BCUT2D eigenvalue weighted by atomic mass is 16.5. The largest absolute Gasteiger partial charge is 0.461 e. The third-order valence-electron chi connectivity index (χ3n) is 4.67. The van der Waals surface area contributed by atoms with Crippen LogP contribution in [0.4, 0.5) is 5.82 Å². The molecule has 0 aliphatic carbocycles. The summed E-state index contributed by atoms with van der Waals surface area (Å²) in [6.45, 7) is 5.48. The fourth-order valence-corrected chi connectivity index (χ4v) is 3.12. The van der Waals surface area contributed by atoms with Crippen molar-refractivity contribution in [1.82, 2.24) is 4.98 Å². The van der Waals surface area contributed by atoms with Gasteiger partial charge in [0.25, 0.3) is 5.91 Å². The summed E-state index contributed by atoms with van der Waals surface area (Å²) in [5, 5.41) is 13.3. The first-order valence-electron chi connectivity index (χ1n) is 9.64. The number of ether oxygens (including phenoxy) is 1. The Balaban J connectivity index is 1.67. The molecule has 0 radical (unpaired) electrons. The standard InChI is InChI=1S/C24H22N2O4/c1-14-7-9-18(10-8-14)30-22-13-17(12-21-19(22)11-15(2)29-21)24(28)26-23-6-4-5-20(25-23)16(3)27/h4-13,16,27H,1-3H3,(H,25,26,28). The van der Waals surface area contributed by atoms with E-state index in [9.17, 15) is 9.90 Å². The number of anilines is 1. The van der Waals surface area contributed by atoms with Gasteiger partial charge in [0.15, 0.2) is 0 Å². The summed E-state index contributed by atoms with van der Waals surface area (Å²) in [5.74, 6) is 1.93. The molecule has 152 valence electrons. The zero-order valence-electron chi connectivity index (χ0n) is 17.0. The van der Waals surface area contributed by atoms with Crippen LogP contribution in [0.25, 0.3) is 11.0 Å². The second kappa shape index (κ2) is 8.00. The summed E-state index contributed by atoms with van der Waals surface area (Å²) in [4.78, 5) is 17.2. The number of furan rings is 1. The van der Waals surface area contributed by atoms with Crippen molar-refractivity contribution in [1.29, 1.82) is 0 Å². The van der Waals surface area contributed by atoms with Gasteiger partial charge >= 0.3 is 0 Å². The first-order valence-corrected chi connectivity index (χ1v) is 9.64. The summed E-state index contributed by atoms with van der Waals surface area (Å²) in [7, 11) is 0. The molecule has 2 heterocycles. The maximum Gasteiger partial charge on any atom is 0.257 e. The summed E-state index contributed by atoms with van der Waals surface area (Å²) in [6.07, 6.45) is -0.723. The predicted octanol–water partition coefficient (Wildman–Crippen LogP) is 5.54. The predicted molar refractivity (Wildman–Crippen MR) is 115 cm³/mol. The zero-order chi connectivity index (χ0) is 21.3. The molecule has 0 spiro atoms. The number of rotatable bonds is 5. The fraction of sp³-hybridized carbons (Fsp3) is 0.167. The molecule has 1 unspecified atom stereocenters. The second-order valence-electron chi connectivity index (χ2n) is 7.24. The third-order valence-corrected chi connectivity index (χ3v) is 4.67. The number of hydrogen-bond acceptors (Lipinski definition) is 5. The number of hydrogen-bond donors (Lipinski definition) is 2. The molecule has 6 heteroatoms. The molecule has 0 bridgehead atoms. The number of aryl methyl sites for hydroxylation is 2. The summed E-state index contributed by atoms with van der Waals surface area (Å²) >= 11 is 0. The number of carbonyl (C=O) groups is 1. The van der Waals surface area contributed by atoms with Crippen LogP contribution < -0.4 is 10.1 Å². The minimum atomic E-state index is -0.723. The van der Waals surface area contributed by atoms with Gasteiger partial charge < -0.3 is 19.6 Å². The molecule has 0 saturated carbocycles. The topological polar surface area (TPSA) is 84.6 Å². The smallest absolute Gasteiger partial charge is 0.257 e. The highest BCUT2D eigenvalue weighted by Gasteiger charge is 2.16. The molecule has 4 rings (SSSR count). The van der Waals surface area contributed by atoms with Gasteiger partial charge in [0.1, 0.15) is 28.7 Å². The van der Waals surface area contributed by atoms with Gasteiger partial charge in [-0.1, -0.05) is 23.8 Å². The Kier molecular flexibility index (Phi) is 5.25. The number of amides is 1. The summed E-state index contributed by atoms with van der Waals surface area (Å²) in [5.41, 5.74) is 2.55. The number of pyridine rings is 1. The van der Waals surface area contributed by atoms with Crippen molar-refractivity contribution in [3.05, 3.63) is 83.2 Å². The van der Waals surface area contributed by atoms with E-state index in [1.54, 1.807) is 37.3 Å². The number of nitrogens with zero attached hydrogens (tertiary/aromatic N) is 1. The molecule has 30 heavy (non-hydrogen) atoms. The minimum Gasteiger partial charge on any atom is -0.461 e. The maximum atomic E-state index is 12.9.